The molecule has 5 heteroatoms. The highest BCUT2D eigenvalue weighted by Crippen LogP contribution is 2.39. The SMILES string of the molecule is CC(C)(CN1CCOCC1)CN1CCC2(CC1)CC(C)(O)CCO2. The first-order valence-electron chi connectivity index (χ1n) is 9.67. The fourth-order valence-electron chi connectivity index (χ4n) is 4.78. The Balaban J connectivity index is 1.47. The van der Waals surface area contributed by atoms with Crippen LogP contribution in [0.25, 0.3) is 0 Å². The largest absolute Gasteiger partial charge is 0.390 e. The van der Waals surface area contributed by atoms with Crippen LogP contribution in [0, 0.1) is 5.41 Å². The lowest BCUT2D eigenvalue weighted by atomic mass is 9.77. The van der Waals surface area contributed by atoms with Gasteiger partial charge in [-0.2, -0.15) is 0 Å². The molecule has 3 rings (SSSR count). The number of piperidine rings is 1. The van der Waals surface area contributed by atoms with Gasteiger partial charge in [-0.25, -0.2) is 0 Å². The maximum Gasteiger partial charge on any atom is 0.0734 e. The van der Waals surface area contributed by atoms with Gasteiger partial charge < -0.3 is 19.5 Å². The predicted octanol–water partition coefficient (Wildman–Crippen LogP) is 1.74. The molecule has 0 bridgehead atoms. The molecule has 0 aliphatic carbocycles. The van der Waals surface area contributed by atoms with Crippen LogP contribution in [0.3, 0.4) is 0 Å². The van der Waals surface area contributed by atoms with Gasteiger partial charge in [0.1, 0.15) is 0 Å². The monoisotopic (exact) mass is 340 g/mol. The molecule has 1 spiro atoms. The summed E-state index contributed by atoms with van der Waals surface area (Å²) in [5.41, 5.74) is -0.330. The topological polar surface area (TPSA) is 45.2 Å². The second-order valence-electron chi connectivity index (χ2n) is 9.28. The molecule has 0 saturated carbocycles. The third kappa shape index (κ3) is 4.92. The van der Waals surface area contributed by atoms with E-state index in [1.54, 1.807) is 0 Å². The van der Waals surface area contributed by atoms with Crippen molar-refractivity contribution in [2.24, 2.45) is 5.41 Å². The Morgan fingerprint density at radius 3 is 2.08 bits per heavy atom. The molecule has 1 unspecified atom stereocenters. The summed E-state index contributed by atoms with van der Waals surface area (Å²) in [6.07, 6.45) is 3.67. The summed E-state index contributed by atoms with van der Waals surface area (Å²) in [5.74, 6) is 0. The lowest BCUT2D eigenvalue weighted by molar-refractivity contribution is -0.173. The van der Waals surface area contributed by atoms with Crippen molar-refractivity contribution in [1.29, 1.82) is 0 Å². The van der Waals surface area contributed by atoms with Crippen LogP contribution in [-0.4, -0.2) is 85.2 Å². The molecule has 3 aliphatic heterocycles. The molecular weight excluding hydrogens is 304 g/mol. The zero-order valence-corrected chi connectivity index (χ0v) is 15.9. The number of nitrogens with zero attached hydrogens (tertiary/aromatic N) is 2. The molecular formula is C19H36N2O3. The molecule has 24 heavy (non-hydrogen) atoms. The van der Waals surface area contributed by atoms with Crippen LogP contribution in [-0.2, 0) is 9.47 Å². The van der Waals surface area contributed by atoms with Gasteiger partial charge in [-0.15, -0.1) is 0 Å². The number of morpholine rings is 1. The van der Waals surface area contributed by atoms with Crippen LogP contribution >= 0.6 is 0 Å². The molecule has 0 aromatic carbocycles. The van der Waals surface area contributed by atoms with E-state index < -0.39 is 5.60 Å². The molecule has 0 aromatic rings. The summed E-state index contributed by atoms with van der Waals surface area (Å²) < 4.78 is 11.6. The van der Waals surface area contributed by atoms with Crippen LogP contribution < -0.4 is 0 Å². The summed E-state index contributed by atoms with van der Waals surface area (Å²) in [7, 11) is 0. The van der Waals surface area contributed by atoms with E-state index in [0.717, 1.165) is 78.2 Å². The average Bonchev–Trinajstić information content (AvgIpc) is 2.49. The first-order valence-corrected chi connectivity index (χ1v) is 9.67. The first-order chi connectivity index (χ1) is 11.3. The second-order valence-corrected chi connectivity index (χ2v) is 9.28. The van der Waals surface area contributed by atoms with E-state index >= 15 is 0 Å². The third-order valence-corrected chi connectivity index (χ3v) is 5.93. The van der Waals surface area contributed by atoms with Gasteiger partial charge in [-0.3, -0.25) is 4.90 Å². The number of rotatable bonds is 4. The standard InChI is InChI=1S/C19H36N2O3/c1-17(2,16-21-9-12-23-13-10-21)15-20-7-4-19(5-8-20)14-18(3,22)6-11-24-19/h22H,4-16H2,1-3H3. The number of aliphatic hydroxyl groups is 1. The van der Waals surface area contributed by atoms with Gasteiger partial charge in [-0.05, 0) is 31.6 Å². The summed E-state index contributed by atoms with van der Waals surface area (Å²) in [6, 6.07) is 0. The highest BCUT2D eigenvalue weighted by atomic mass is 16.5. The third-order valence-electron chi connectivity index (χ3n) is 5.93. The van der Waals surface area contributed by atoms with Crippen molar-refractivity contribution in [3.05, 3.63) is 0 Å². The van der Waals surface area contributed by atoms with Crippen LogP contribution in [0.4, 0.5) is 0 Å². The van der Waals surface area contributed by atoms with E-state index in [-0.39, 0.29) is 5.60 Å². The van der Waals surface area contributed by atoms with Crippen molar-refractivity contribution in [2.45, 2.75) is 57.7 Å². The molecule has 3 aliphatic rings. The minimum Gasteiger partial charge on any atom is -0.390 e. The molecule has 3 heterocycles. The van der Waals surface area contributed by atoms with E-state index in [1.807, 2.05) is 6.92 Å². The highest BCUT2D eigenvalue weighted by molar-refractivity contribution is 4.97. The molecule has 1 atom stereocenters. The second kappa shape index (κ2) is 7.20. The lowest BCUT2D eigenvalue weighted by Crippen LogP contribution is -2.55. The van der Waals surface area contributed by atoms with Gasteiger partial charge in [0.15, 0.2) is 0 Å². The summed E-state index contributed by atoms with van der Waals surface area (Å²) in [5, 5.41) is 10.4. The fourth-order valence-corrected chi connectivity index (χ4v) is 4.78. The van der Waals surface area contributed by atoms with Gasteiger partial charge >= 0.3 is 0 Å². The normalized spacial score (nSPS) is 33.0. The maximum atomic E-state index is 10.4. The van der Waals surface area contributed by atoms with Gasteiger partial charge in [0.2, 0.25) is 0 Å². The highest BCUT2D eigenvalue weighted by Gasteiger charge is 2.44. The Morgan fingerprint density at radius 1 is 0.917 bits per heavy atom. The quantitative estimate of drug-likeness (QED) is 0.845. The molecule has 3 saturated heterocycles. The number of hydrogen-bond acceptors (Lipinski definition) is 5. The molecule has 1 N–H and O–H groups in total. The van der Waals surface area contributed by atoms with Crippen molar-refractivity contribution >= 4 is 0 Å². The van der Waals surface area contributed by atoms with Crippen molar-refractivity contribution in [3.63, 3.8) is 0 Å². The zero-order chi connectivity index (χ0) is 17.3. The summed E-state index contributed by atoms with van der Waals surface area (Å²) >= 11 is 0. The minimum atomic E-state index is -0.546. The number of hydrogen-bond donors (Lipinski definition) is 1. The Labute approximate surface area is 147 Å². The van der Waals surface area contributed by atoms with E-state index in [9.17, 15) is 5.11 Å². The Bertz CT molecular complexity index is 411. The predicted molar refractivity (Wildman–Crippen MR) is 95.3 cm³/mol. The molecule has 3 fully saturated rings. The molecule has 0 amide bonds. The molecule has 5 nitrogen and oxygen atoms in total. The Kier molecular flexibility index (Phi) is 5.57. The Hall–Kier alpha value is -0.200. The van der Waals surface area contributed by atoms with Gasteiger partial charge in [0.25, 0.3) is 0 Å². The van der Waals surface area contributed by atoms with Crippen LogP contribution in [0.1, 0.15) is 46.5 Å². The van der Waals surface area contributed by atoms with Gasteiger partial charge in [0.05, 0.1) is 31.0 Å². The average molecular weight is 341 g/mol. The van der Waals surface area contributed by atoms with E-state index in [2.05, 4.69) is 23.6 Å². The maximum absolute atomic E-state index is 10.4. The molecule has 140 valence electrons. The number of ether oxygens (including phenoxy) is 2. The van der Waals surface area contributed by atoms with Gasteiger partial charge in [-0.1, -0.05) is 13.8 Å². The van der Waals surface area contributed by atoms with Crippen LogP contribution in [0.5, 0.6) is 0 Å². The van der Waals surface area contributed by atoms with Crippen molar-refractivity contribution < 1.29 is 14.6 Å². The van der Waals surface area contributed by atoms with Crippen molar-refractivity contribution in [3.8, 4) is 0 Å². The summed E-state index contributed by atoms with van der Waals surface area (Å²) in [6.45, 7) is 15.8. The summed E-state index contributed by atoms with van der Waals surface area (Å²) in [4.78, 5) is 5.13. The van der Waals surface area contributed by atoms with E-state index in [0.29, 0.717) is 12.0 Å². The lowest BCUT2D eigenvalue weighted by Gasteiger charge is -2.49. The van der Waals surface area contributed by atoms with E-state index in [1.165, 1.54) is 0 Å². The zero-order valence-electron chi connectivity index (χ0n) is 15.9. The Morgan fingerprint density at radius 2 is 1.50 bits per heavy atom. The number of likely N-dealkylation sites (tertiary alicyclic amines) is 1. The van der Waals surface area contributed by atoms with Crippen molar-refractivity contribution in [2.75, 3.05) is 59.1 Å². The fraction of sp³-hybridized carbons (Fsp3) is 1.00. The van der Waals surface area contributed by atoms with E-state index in [4.69, 9.17) is 9.47 Å². The van der Waals surface area contributed by atoms with Crippen molar-refractivity contribution in [1.82, 2.24) is 9.80 Å². The first kappa shape index (κ1) is 18.6. The van der Waals surface area contributed by atoms with Crippen LogP contribution in [0.15, 0.2) is 0 Å². The van der Waals surface area contributed by atoms with Gasteiger partial charge in [0, 0.05) is 45.7 Å². The molecule has 0 radical (unpaired) electrons. The molecule has 0 aromatic heterocycles. The minimum absolute atomic E-state index is 0.0768. The smallest absolute Gasteiger partial charge is 0.0734 e. The van der Waals surface area contributed by atoms with Crippen LogP contribution in [0.2, 0.25) is 0 Å².